The van der Waals surface area contributed by atoms with Gasteiger partial charge in [0.25, 0.3) is 0 Å². The molecule has 0 unspecified atom stereocenters. The molecule has 98 valence electrons. The van der Waals surface area contributed by atoms with Crippen molar-refractivity contribution in [3.05, 3.63) is 53.7 Å². The second-order valence-electron chi connectivity index (χ2n) is 3.64. The van der Waals surface area contributed by atoms with E-state index in [9.17, 15) is 13.6 Å². The van der Waals surface area contributed by atoms with E-state index in [-0.39, 0.29) is 17.1 Å². The predicted octanol–water partition coefficient (Wildman–Crippen LogP) is 2.89. The lowest BCUT2D eigenvalue weighted by Gasteiger charge is -2.10. The first kappa shape index (κ1) is 12.9. The Labute approximate surface area is 108 Å². The molecule has 4 nitrogen and oxygen atoms in total. The molecule has 0 aliphatic heterocycles. The third-order valence-electron chi connectivity index (χ3n) is 2.39. The fraction of sp³-hybridized carbons (Fsp3) is 0.0769. The van der Waals surface area contributed by atoms with E-state index in [0.29, 0.717) is 0 Å². The lowest BCUT2D eigenvalue weighted by Crippen LogP contribution is -2.07. The summed E-state index contributed by atoms with van der Waals surface area (Å²) in [5.41, 5.74) is 0.0255. The number of ether oxygens (including phenoxy) is 1. The third-order valence-corrected chi connectivity index (χ3v) is 2.39. The monoisotopic (exact) mass is 264 g/mol. The number of nitrogens with one attached hydrogen (secondary N) is 1. The molecule has 0 amide bonds. The summed E-state index contributed by atoms with van der Waals surface area (Å²) in [6, 6.07) is 5.97. The molecule has 0 bridgehead atoms. The van der Waals surface area contributed by atoms with Crippen LogP contribution in [0.5, 0.6) is 0 Å². The maximum Gasteiger partial charge on any atom is 0.341 e. The van der Waals surface area contributed by atoms with Crippen LogP contribution in [-0.4, -0.2) is 18.1 Å². The number of pyridine rings is 1. The van der Waals surface area contributed by atoms with Crippen LogP contribution in [-0.2, 0) is 4.74 Å². The Morgan fingerprint density at radius 1 is 1.32 bits per heavy atom. The van der Waals surface area contributed by atoms with E-state index in [0.717, 1.165) is 18.2 Å². The summed E-state index contributed by atoms with van der Waals surface area (Å²) in [6.45, 7) is 0. The topological polar surface area (TPSA) is 51.2 Å². The Balaban J connectivity index is 2.38. The standard InChI is InChI=1S/C13H10F2N2O2/c1-19-13(18)9-3-2-6-16-12(9)17-11-7-8(14)4-5-10(11)15/h2-7H,1H3,(H,16,17). The van der Waals surface area contributed by atoms with Gasteiger partial charge in [-0.25, -0.2) is 18.6 Å². The van der Waals surface area contributed by atoms with Gasteiger partial charge < -0.3 is 10.1 Å². The molecule has 19 heavy (non-hydrogen) atoms. The molecular formula is C13H10F2N2O2. The van der Waals surface area contributed by atoms with Crippen molar-refractivity contribution < 1.29 is 18.3 Å². The largest absolute Gasteiger partial charge is 0.465 e. The molecular weight excluding hydrogens is 254 g/mol. The second-order valence-corrected chi connectivity index (χ2v) is 3.64. The van der Waals surface area contributed by atoms with Crippen LogP contribution in [0.25, 0.3) is 0 Å². The average molecular weight is 264 g/mol. The highest BCUT2D eigenvalue weighted by molar-refractivity contribution is 5.95. The predicted molar refractivity (Wildman–Crippen MR) is 65.2 cm³/mol. The number of carbonyl (C=O) groups excluding carboxylic acids is 1. The molecule has 0 aliphatic rings. The number of aromatic nitrogens is 1. The van der Waals surface area contributed by atoms with Crippen LogP contribution in [0.4, 0.5) is 20.3 Å². The first-order valence-corrected chi connectivity index (χ1v) is 5.37. The van der Waals surface area contributed by atoms with E-state index in [1.54, 1.807) is 6.07 Å². The molecule has 1 aromatic carbocycles. The Morgan fingerprint density at radius 3 is 2.84 bits per heavy atom. The summed E-state index contributed by atoms with van der Waals surface area (Å²) >= 11 is 0. The maximum absolute atomic E-state index is 13.5. The van der Waals surface area contributed by atoms with E-state index in [1.165, 1.54) is 19.4 Å². The van der Waals surface area contributed by atoms with Crippen LogP contribution in [0, 0.1) is 11.6 Å². The van der Waals surface area contributed by atoms with Crippen molar-refractivity contribution in [1.29, 1.82) is 0 Å². The van der Waals surface area contributed by atoms with Gasteiger partial charge in [-0.15, -0.1) is 0 Å². The lowest BCUT2D eigenvalue weighted by atomic mass is 10.2. The minimum atomic E-state index is -0.650. The first-order chi connectivity index (χ1) is 9.11. The number of hydrogen-bond acceptors (Lipinski definition) is 4. The number of methoxy groups -OCH3 is 1. The fourth-order valence-electron chi connectivity index (χ4n) is 1.50. The SMILES string of the molecule is COC(=O)c1cccnc1Nc1cc(F)ccc1F. The molecule has 1 N–H and O–H groups in total. The Hall–Kier alpha value is -2.50. The highest BCUT2D eigenvalue weighted by atomic mass is 19.1. The number of nitrogens with zero attached hydrogens (tertiary/aromatic N) is 1. The van der Waals surface area contributed by atoms with Gasteiger partial charge in [0, 0.05) is 12.3 Å². The first-order valence-electron chi connectivity index (χ1n) is 5.37. The summed E-state index contributed by atoms with van der Waals surface area (Å²) < 4.78 is 31.1. The number of rotatable bonds is 3. The van der Waals surface area contributed by atoms with Crippen LogP contribution in [0.3, 0.4) is 0 Å². The second kappa shape index (κ2) is 5.43. The number of hydrogen-bond donors (Lipinski definition) is 1. The zero-order valence-corrected chi connectivity index (χ0v) is 9.98. The van der Waals surface area contributed by atoms with Crippen molar-refractivity contribution in [3.63, 3.8) is 0 Å². The minimum absolute atomic E-state index is 0.0962. The molecule has 2 rings (SSSR count). The molecule has 0 saturated carbocycles. The van der Waals surface area contributed by atoms with Gasteiger partial charge in [0.15, 0.2) is 0 Å². The quantitative estimate of drug-likeness (QED) is 0.866. The summed E-state index contributed by atoms with van der Waals surface area (Å²) in [7, 11) is 1.22. The zero-order chi connectivity index (χ0) is 13.8. The number of halogens is 2. The average Bonchev–Trinajstić information content (AvgIpc) is 2.42. The van der Waals surface area contributed by atoms with Crippen molar-refractivity contribution in [2.75, 3.05) is 12.4 Å². The van der Waals surface area contributed by atoms with Gasteiger partial charge in [-0.3, -0.25) is 0 Å². The number of carbonyl (C=O) groups is 1. The van der Waals surface area contributed by atoms with Crippen LogP contribution in [0.2, 0.25) is 0 Å². The van der Waals surface area contributed by atoms with Crippen molar-refractivity contribution in [2.45, 2.75) is 0 Å². The normalized spacial score (nSPS) is 10.1. The van der Waals surface area contributed by atoms with Crippen LogP contribution in [0.15, 0.2) is 36.5 Å². The molecule has 6 heteroatoms. The van der Waals surface area contributed by atoms with Crippen LogP contribution in [0.1, 0.15) is 10.4 Å². The molecule has 0 radical (unpaired) electrons. The molecule has 1 heterocycles. The van der Waals surface area contributed by atoms with Crippen molar-refractivity contribution in [2.24, 2.45) is 0 Å². The molecule has 0 fully saturated rings. The zero-order valence-electron chi connectivity index (χ0n) is 9.98. The fourth-order valence-corrected chi connectivity index (χ4v) is 1.50. The molecule has 0 aliphatic carbocycles. The van der Waals surface area contributed by atoms with E-state index in [2.05, 4.69) is 15.0 Å². The van der Waals surface area contributed by atoms with E-state index < -0.39 is 17.6 Å². The summed E-state index contributed by atoms with van der Waals surface area (Å²) in [4.78, 5) is 15.4. The van der Waals surface area contributed by atoms with Crippen molar-refractivity contribution in [3.8, 4) is 0 Å². The van der Waals surface area contributed by atoms with E-state index >= 15 is 0 Å². The van der Waals surface area contributed by atoms with E-state index in [1.807, 2.05) is 0 Å². The van der Waals surface area contributed by atoms with Gasteiger partial charge in [0.1, 0.15) is 23.0 Å². The summed E-state index contributed by atoms with van der Waals surface area (Å²) in [6.07, 6.45) is 1.42. The number of benzene rings is 1. The van der Waals surface area contributed by atoms with Gasteiger partial charge in [-0.1, -0.05) is 0 Å². The molecule has 0 spiro atoms. The van der Waals surface area contributed by atoms with Gasteiger partial charge in [-0.05, 0) is 24.3 Å². The Morgan fingerprint density at radius 2 is 2.11 bits per heavy atom. The number of esters is 1. The number of anilines is 2. The molecule has 0 atom stereocenters. The van der Waals surface area contributed by atoms with Gasteiger partial charge in [0.2, 0.25) is 0 Å². The van der Waals surface area contributed by atoms with Crippen LogP contribution < -0.4 is 5.32 Å². The van der Waals surface area contributed by atoms with Crippen LogP contribution >= 0.6 is 0 Å². The van der Waals surface area contributed by atoms with E-state index in [4.69, 9.17) is 0 Å². The molecule has 2 aromatic rings. The van der Waals surface area contributed by atoms with Crippen molar-refractivity contribution in [1.82, 2.24) is 4.98 Å². The highest BCUT2D eigenvalue weighted by Gasteiger charge is 2.14. The molecule has 0 saturated heterocycles. The van der Waals surface area contributed by atoms with Gasteiger partial charge >= 0.3 is 5.97 Å². The maximum atomic E-state index is 13.5. The van der Waals surface area contributed by atoms with Gasteiger partial charge in [0.05, 0.1) is 12.8 Å². The van der Waals surface area contributed by atoms with Crippen molar-refractivity contribution >= 4 is 17.5 Å². The molecule has 1 aromatic heterocycles. The summed E-state index contributed by atoms with van der Waals surface area (Å²) in [5, 5.41) is 2.57. The Bertz CT molecular complexity index is 617. The summed E-state index contributed by atoms with van der Waals surface area (Å²) in [5.74, 6) is -1.77. The Kier molecular flexibility index (Phi) is 3.70. The third kappa shape index (κ3) is 2.85. The highest BCUT2D eigenvalue weighted by Crippen LogP contribution is 2.22. The smallest absolute Gasteiger partial charge is 0.341 e. The minimum Gasteiger partial charge on any atom is -0.465 e. The van der Waals surface area contributed by atoms with Gasteiger partial charge in [-0.2, -0.15) is 0 Å². The lowest BCUT2D eigenvalue weighted by molar-refractivity contribution is 0.0601.